The van der Waals surface area contributed by atoms with Crippen LogP contribution in [0.1, 0.15) is 17.2 Å². The lowest BCUT2D eigenvalue weighted by molar-refractivity contribution is 0.495. The molecule has 2 N–H and O–H groups in total. The lowest BCUT2D eigenvalue weighted by Crippen LogP contribution is -2.02. The summed E-state index contributed by atoms with van der Waals surface area (Å²) < 4.78 is 5.42. The summed E-state index contributed by atoms with van der Waals surface area (Å²) in [5, 5.41) is 0. The van der Waals surface area contributed by atoms with E-state index in [2.05, 4.69) is 29.2 Å². The highest BCUT2D eigenvalue weighted by molar-refractivity contribution is 5.61. The lowest BCUT2D eigenvalue weighted by atomic mass is 10.1. The van der Waals surface area contributed by atoms with Crippen LogP contribution in [0.2, 0.25) is 0 Å². The Hall–Kier alpha value is -1.61. The average molecular weight is 216 g/mol. The average Bonchev–Trinajstić information content (AvgIpc) is 2.59. The molecule has 2 rings (SSSR count). The molecular weight excluding hydrogens is 200 g/mol. The standard InChI is InChI=1S/C13H16N2O/c1-9-13(15-10(2)16-9)12-5-3-11(4-6-12)7-8-14/h3-6H,7-8,14H2,1-2H3. The fourth-order valence-electron chi connectivity index (χ4n) is 1.79. The van der Waals surface area contributed by atoms with Gasteiger partial charge in [-0.2, -0.15) is 0 Å². The van der Waals surface area contributed by atoms with Crippen LogP contribution >= 0.6 is 0 Å². The Morgan fingerprint density at radius 1 is 1.19 bits per heavy atom. The predicted molar refractivity (Wildman–Crippen MR) is 64.2 cm³/mol. The van der Waals surface area contributed by atoms with Crippen LogP contribution in [0.4, 0.5) is 0 Å². The highest BCUT2D eigenvalue weighted by Crippen LogP contribution is 2.23. The number of nitrogens with two attached hydrogens (primary N) is 1. The van der Waals surface area contributed by atoms with Gasteiger partial charge in [0.05, 0.1) is 0 Å². The van der Waals surface area contributed by atoms with Crippen molar-refractivity contribution in [2.45, 2.75) is 20.3 Å². The van der Waals surface area contributed by atoms with Gasteiger partial charge in [0.25, 0.3) is 0 Å². The third kappa shape index (κ3) is 2.14. The van der Waals surface area contributed by atoms with Crippen molar-refractivity contribution in [3.05, 3.63) is 41.5 Å². The summed E-state index contributed by atoms with van der Waals surface area (Å²) in [4.78, 5) is 4.36. The Balaban J connectivity index is 2.31. The largest absolute Gasteiger partial charge is 0.446 e. The molecule has 0 aliphatic carbocycles. The molecule has 16 heavy (non-hydrogen) atoms. The van der Waals surface area contributed by atoms with E-state index in [-0.39, 0.29) is 0 Å². The first-order valence-electron chi connectivity index (χ1n) is 5.44. The summed E-state index contributed by atoms with van der Waals surface area (Å²) in [5.41, 5.74) is 8.78. The maximum absolute atomic E-state index is 5.51. The number of benzene rings is 1. The first-order valence-corrected chi connectivity index (χ1v) is 5.44. The van der Waals surface area contributed by atoms with E-state index in [9.17, 15) is 0 Å². The van der Waals surface area contributed by atoms with Gasteiger partial charge in [0.15, 0.2) is 5.89 Å². The minimum Gasteiger partial charge on any atom is -0.446 e. The molecule has 0 amide bonds. The summed E-state index contributed by atoms with van der Waals surface area (Å²) in [6, 6.07) is 8.31. The van der Waals surface area contributed by atoms with E-state index in [0.717, 1.165) is 23.4 Å². The summed E-state index contributed by atoms with van der Waals surface area (Å²) in [7, 11) is 0. The summed E-state index contributed by atoms with van der Waals surface area (Å²) >= 11 is 0. The van der Waals surface area contributed by atoms with Crippen molar-refractivity contribution in [2.75, 3.05) is 6.54 Å². The van der Waals surface area contributed by atoms with Crippen LogP contribution in [-0.2, 0) is 6.42 Å². The molecule has 0 bridgehead atoms. The van der Waals surface area contributed by atoms with Crippen molar-refractivity contribution >= 4 is 0 Å². The number of oxazole rings is 1. The SMILES string of the molecule is Cc1nc(-c2ccc(CCN)cc2)c(C)o1. The highest BCUT2D eigenvalue weighted by atomic mass is 16.4. The van der Waals surface area contributed by atoms with E-state index >= 15 is 0 Å². The molecule has 2 aromatic rings. The predicted octanol–water partition coefficient (Wildman–Crippen LogP) is 2.46. The number of nitrogens with zero attached hydrogens (tertiary/aromatic N) is 1. The van der Waals surface area contributed by atoms with Crippen LogP contribution < -0.4 is 5.73 Å². The second-order valence-electron chi connectivity index (χ2n) is 3.87. The molecule has 0 saturated heterocycles. The topological polar surface area (TPSA) is 52.0 Å². The smallest absolute Gasteiger partial charge is 0.191 e. The molecule has 1 heterocycles. The van der Waals surface area contributed by atoms with Crippen molar-refractivity contribution in [2.24, 2.45) is 5.73 Å². The molecule has 1 aromatic heterocycles. The summed E-state index contributed by atoms with van der Waals surface area (Å²) in [5.74, 6) is 1.57. The van der Waals surface area contributed by atoms with Crippen molar-refractivity contribution in [3.63, 3.8) is 0 Å². The zero-order chi connectivity index (χ0) is 11.5. The molecule has 0 fully saturated rings. The molecule has 0 atom stereocenters. The van der Waals surface area contributed by atoms with E-state index in [4.69, 9.17) is 10.2 Å². The van der Waals surface area contributed by atoms with Crippen LogP contribution in [0.5, 0.6) is 0 Å². The number of aromatic nitrogens is 1. The van der Waals surface area contributed by atoms with Gasteiger partial charge in [0.1, 0.15) is 11.5 Å². The van der Waals surface area contributed by atoms with Crippen molar-refractivity contribution in [1.82, 2.24) is 4.98 Å². The number of hydrogen-bond acceptors (Lipinski definition) is 3. The van der Waals surface area contributed by atoms with Gasteiger partial charge in [-0.05, 0) is 25.5 Å². The molecule has 0 radical (unpaired) electrons. The minimum atomic E-state index is 0.682. The molecule has 0 aliphatic heterocycles. The Morgan fingerprint density at radius 3 is 2.38 bits per heavy atom. The second kappa shape index (κ2) is 4.49. The van der Waals surface area contributed by atoms with E-state index in [1.165, 1.54) is 5.56 Å². The molecule has 1 aromatic carbocycles. The van der Waals surface area contributed by atoms with Crippen LogP contribution in [0, 0.1) is 13.8 Å². The maximum Gasteiger partial charge on any atom is 0.191 e. The van der Waals surface area contributed by atoms with Crippen LogP contribution in [0.3, 0.4) is 0 Å². The lowest BCUT2D eigenvalue weighted by Gasteiger charge is -2.01. The fourth-order valence-corrected chi connectivity index (χ4v) is 1.79. The van der Waals surface area contributed by atoms with Gasteiger partial charge in [-0.25, -0.2) is 4.98 Å². The quantitative estimate of drug-likeness (QED) is 0.857. The molecule has 0 spiro atoms. The minimum absolute atomic E-state index is 0.682. The van der Waals surface area contributed by atoms with Crippen molar-refractivity contribution in [3.8, 4) is 11.3 Å². The number of aryl methyl sites for hydroxylation is 2. The van der Waals surface area contributed by atoms with Crippen molar-refractivity contribution < 1.29 is 4.42 Å². The van der Waals surface area contributed by atoms with E-state index in [1.807, 2.05) is 13.8 Å². The molecule has 3 heteroatoms. The monoisotopic (exact) mass is 216 g/mol. The Morgan fingerprint density at radius 2 is 1.88 bits per heavy atom. The van der Waals surface area contributed by atoms with Crippen LogP contribution in [-0.4, -0.2) is 11.5 Å². The fraction of sp³-hybridized carbons (Fsp3) is 0.308. The van der Waals surface area contributed by atoms with E-state index < -0.39 is 0 Å². The van der Waals surface area contributed by atoms with Crippen LogP contribution in [0.15, 0.2) is 28.7 Å². The number of hydrogen-bond donors (Lipinski definition) is 1. The molecule has 0 aliphatic rings. The van der Waals surface area contributed by atoms with Gasteiger partial charge >= 0.3 is 0 Å². The zero-order valence-corrected chi connectivity index (χ0v) is 9.66. The van der Waals surface area contributed by atoms with Crippen LogP contribution in [0.25, 0.3) is 11.3 Å². The van der Waals surface area contributed by atoms with Gasteiger partial charge in [-0.3, -0.25) is 0 Å². The third-order valence-electron chi connectivity index (χ3n) is 2.56. The third-order valence-corrected chi connectivity index (χ3v) is 2.56. The van der Waals surface area contributed by atoms with E-state index in [0.29, 0.717) is 12.4 Å². The summed E-state index contributed by atoms with van der Waals surface area (Å²) in [6.45, 7) is 4.48. The molecular formula is C13H16N2O. The normalized spacial score (nSPS) is 10.7. The maximum atomic E-state index is 5.51. The molecule has 84 valence electrons. The molecule has 0 saturated carbocycles. The summed E-state index contributed by atoms with van der Waals surface area (Å²) in [6.07, 6.45) is 0.914. The Bertz CT molecular complexity index is 471. The van der Waals surface area contributed by atoms with Gasteiger partial charge in [-0.1, -0.05) is 24.3 Å². The second-order valence-corrected chi connectivity index (χ2v) is 3.87. The highest BCUT2D eigenvalue weighted by Gasteiger charge is 2.08. The Labute approximate surface area is 95.3 Å². The van der Waals surface area contributed by atoms with Gasteiger partial charge in [-0.15, -0.1) is 0 Å². The Kier molecular flexibility index (Phi) is 3.06. The molecule has 0 unspecified atom stereocenters. The van der Waals surface area contributed by atoms with Gasteiger partial charge in [0, 0.05) is 12.5 Å². The zero-order valence-electron chi connectivity index (χ0n) is 9.66. The number of rotatable bonds is 3. The molecule has 3 nitrogen and oxygen atoms in total. The first kappa shape index (κ1) is 10.9. The first-order chi connectivity index (χ1) is 7.70. The van der Waals surface area contributed by atoms with E-state index in [1.54, 1.807) is 0 Å². The van der Waals surface area contributed by atoms with Gasteiger partial charge < -0.3 is 10.2 Å². The van der Waals surface area contributed by atoms with Crippen molar-refractivity contribution in [1.29, 1.82) is 0 Å². The van der Waals surface area contributed by atoms with Gasteiger partial charge in [0.2, 0.25) is 0 Å².